The van der Waals surface area contributed by atoms with Crippen LogP contribution in [0.2, 0.25) is 0 Å². The van der Waals surface area contributed by atoms with Crippen LogP contribution in [0.4, 0.5) is 0 Å². The maximum atomic E-state index is 8.35. The van der Waals surface area contributed by atoms with E-state index in [0.29, 0.717) is 12.8 Å². The van der Waals surface area contributed by atoms with Gasteiger partial charge >= 0.3 is 0 Å². The fourth-order valence-corrected chi connectivity index (χ4v) is 1.13. The first-order valence-electron chi connectivity index (χ1n) is 4.96. The van der Waals surface area contributed by atoms with E-state index in [2.05, 4.69) is 0 Å². The zero-order valence-corrected chi connectivity index (χ0v) is 6.09. The van der Waals surface area contributed by atoms with E-state index in [1.54, 1.807) is 6.92 Å². The number of hydrogen-bond acceptors (Lipinski definition) is 1. The van der Waals surface area contributed by atoms with E-state index in [1.807, 2.05) is 6.07 Å². The molecule has 0 aromatic heterocycles. The second-order valence-corrected chi connectivity index (χ2v) is 2.52. The summed E-state index contributed by atoms with van der Waals surface area (Å²) in [4.78, 5) is 0. The predicted molar refractivity (Wildman–Crippen MR) is 41.3 cm³/mol. The summed E-state index contributed by atoms with van der Waals surface area (Å²) < 4.78 is 23.2. The van der Waals surface area contributed by atoms with E-state index < -0.39 is 18.2 Å². The molecule has 0 aromatic carbocycles. The van der Waals surface area contributed by atoms with E-state index in [4.69, 9.17) is 9.37 Å². The van der Waals surface area contributed by atoms with Gasteiger partial charge in [0, 0.05) is 10.2 Å². The molecule has 1 rings (SSSR count). The van der Waals surface area contributed by atoms with Gasteiger partial charge in [-0.25, -0.2) is 0 Å². The Labute approximate surface area is 66.6 Å². The van der Waals surface area contributed by atoms with Crippen molar-refractivity contribution in [1.82, 2.24) is 0 Å². The fraction of sp³-hybridized carbons (Fsp3) is 0.667. The van der Waals surface area contributed by atoms with E-state index in [0.717, 1.165) is 0 Å². The topological polar surface area (TPSA) is 23.8 Å². The van der Waals surface area contributed by atoms with Crippen LogP contribution in [0.15, 0.2) is 12.2 Å². The zero-order valence-electron chi connectivity index (χ0n) is 9.09. The second kappa shape index (κ2) is 3.41. The van der Waals surface area contributed by atoms with Gasteiger partial charge in [-0.2, -0.15) is 5.26 Å². The molecule has 0 spiro atoms. The number of nitrogens with zero attached hydrogens (tertiary/aromatic N) is 1. The van der Waals surface area contributed by atoms with Crippen molar-refractivity contribution in [2.45, 2.75) is 26.1 Å². The summed E-state index contributed by atoms with van der Waals surface area (Å²) in [6, 6.07) is 1.84. The maximum Gasteiger partial charge on any atom is 0.0908 e. The van der Waals surface area contributed by atoms with Crippen LogP contribution in [0.25, 0.3) is 0 Å². The highest BCUT2D eigenvalue weighted by Gasteiger charge is 2.19. The average Bonchev–Trinajstić information content (AvgIpc) is 2.20. The second-order valence-electron chi connectivity index (χ2n) is 2.52. The van der Waals surface area contributed by atoms with Crippen molar-refractivity contribution in [2.75, 3.05) is 0 Å². The first-order valence-corrected chi connectivity index (χ1v) is 3.46. The van der Waals surface area contributed by atoms with Gasteiger partial charge in [-0.1, -0.05) is 25.8 Å². The molecule has 2 atom stereocenters. The Kier molecular flexibility index (Phi) is 1.43. The molecule has 1 saturated carbocycles. The van der Waals surface area contributed by atoms with Crippen LogP contribution >= 0.6 is 0 Å². The fourth-order valence-electron chi connectivity index (χ4n) is 1.13. The normalized spacial score (nSPS) is 49.6. The van der Waals surface area contributed by atoms with Crippen molar-refractivity contribution < 1.29 is 4.11 Å². The average molecular weight is 138 g/mol. The third-order valence-corrected chi connectivity index (χ3v) is 1.78. The van der Waals surface area contributed by atoms with Crippen LogP contribution < -0.4 is 0 Å². The van der Waals surface area contributed by atoms with Crippen LogP contribution in [-0.2, 0) is 0 Å². The molecule has 0 aliphatic heterocycles. The summed E-state index contributed by atoms with van der Waals surface area (Å²) in [5, 5.41) is 8.35. The highest BCUT2D eigenvalue weighted by Crippen LogP contribution is 2.31. The lowest BCUT2D eigenvalue weighted by molar-refractivity contribution is 0.504. The minimum atomic E-state index is -1.33. The Bertz CT molecular complexity index is 247. The van der Waals surface area contributed by atoms with E-state index >= 15 is 0 Å². The lowest BCUT2D eigenvalue weighted by Gasteiger charge is -2.07. The Morgan fingerprint density at radius 2 is 2.70 bits per heavy atom. The first-order chi connectivity index (χ1) is 5.90. The molecule has 0 radical (unpaired) electrons. The molecule has 0 aromatic rings. The SMILES string of the molecule is [2H]C1([2H])CCC([2H])(C)C1C=CC#N. The van der Waals surface area contributed by atoms with Gasteiger partial charge in [0.05, 0.1) is 6.07 Å². The minimum Gasteiger partial charge on any atom is -0.193 e. The molecule has 0 saturated heterocycles. The Morgan fingerprint density at radius 3 is 3.20 bits per heavy atom. The van der Waals surface area contributed by atoms with Crippen molar-refractivity contribution in [3.63, 3.8) is 0 Å². The molecule has 1 fully saturated rings. The molecule has 10 heavy (non-hydrogen) atoms. The van der Waals surface area contributed by atoms with Gasteiger partial charge in [-0.05, 0) is 18.2 Å². The van der Waals surface area contributed by atoms with Crippen LogP contribution in [0.5, 0.6) is 0 Å². The molecule has 1 aliphatic rings. The number of hydrogen-bond donors (Lipinski definition) is 0. The van der Waals surface area contributed by atoms with Crippen molar-refractivity contribution in [1.29, 1.82) is 5.26 Å². The molecule has 0 N–H and O–H groups in total. The Balaban J connectivity index is 2.89. The first kappa shape index (κ1) is 4.18. The van der Waals surface area contributed by atoms with Gasteiger partial charge in [-0.15, -0.1) is 0 Å². The highest BCUT2D eigenvalue weighted by atomic mass is 14.3. The summed E-state index contributed by atoms with van der Waals surface area (Å²) in [5.41, 5.74) is 0. The summed E-state index contributed by atoms with van der Waals surface area (Å²) >= 11 is 0. The van der Waals surface area contributed by atoms with Gasteiger partial charge in [0.25, 0.3) is 0 Å². The van der Waals surface area contributed by atoms with Crippen molar-refractivity contribution in [2.24, 2.45) is 11.8 Å². The maximum absolute atomic E-state index is 8.35. The molecule has 0 heterocycles. The third-order valence-electron chi connectivity index (χ3n) is 1.78. The molecule has 0 amide bonds. The van der Waals surface area contributed by atoms with Crippen LogP contribution in [-0.4, -0.2) is 0 Å². The van der Waals surface area contributed by atoms with Gasteiger partial charge in [-0.3, -0.25) is 0 Å². The molecule has 2 unspecified atom stereocenters. The summed E-state index contributed by atoms with van der Waals surface area (Å²) in [6.45, 7) is 1.73. The lowest BCUT2D eigenvalue weighted by atomic mass is 9.98. The quantitative estimate of drug-likeness (QED) is 0.511. The zero-order chi connectivity index (χ0) is 10.1. The van der Waals surface area contributed by atoms with E-state index in [1.165, 1.54) is 12.2 Å². The molecular weight excluding hydrogens is 122 g/mol. The van der Waals surface area contributed by atoms with Crippen molar-refractivity contribution in [3.8, 4) is 6.07 Å². The van der Waals surface area contributed by atoms with Crippen LogP contribution in [0.1, 0.15) is 30.3 Å². The van der Waals surface area contributed by atoms with Crippen molar-refractivity contribution >= 4 is 0 Å². The molecule has 1 aliphatic carbocycles. The molecule has 54 valence electrons. The van der Waals surface area contributed by atoms with Crippen LogP contribution in [0, 0.1) is 23.1 Å². The van der Waals surface area contributed by atoms with Gasteiger partial charge in [0.2, 0.25) is 0 Å². The standard InChI is InChI=1S/C9H13N/c1-8-4-2-5-9(8)6-3-7-10/h3,6,8-9H,2,4-5H2,1H3/i5D2,8D. The molecule has 1 nitrogen and oxygen atoms in total. The number of nitriles is 1. The lowest BCUT2D eigenvalue weighted by Crippen LogP contribution is -1.98. The number of allylic oxidation sites excluding steroid dienone is 2. The largest absolute Gasteiger partial charge is 0.193 e. The van der Waals surface area contributed by atoms with Gasteiger partial charge in [0.15, 0.2) is 0 Å². The van der Waals surface area contributed by atoms with Gasteiger partial charge in [0.1, 0.15) is 0 Å². The molecular formula is C9H13N. The number of rotatable bonds is 1. The predicted octanol–water partition coefficient (Wildman–Crippen LogP) is 2.50. The van der Waals surface area contributed by atoms with Crippen molar-refractivity contribution in [3.05, 3.63) is 12.2 Å². The Hall–Kier alpha value is -0.770. The van der Waals surface area contributed by atoms with E-state index in [9.17, 15) is 0 Å². The summed E-state index contributed by atoms with van der Waals surface area (Å²) in [6.07, 6.45) is 2.44. The Morgan fingerprint density at radius 1 is 1.90 bits per heavy atom. The third kappa shape index (κ3) is 1.60. The monoisotopic (exact) mass is 138 g/mol. The van der Waals surface area contributed by atoms with Crippen LogP contribution in [0.3, 0.4) is 0 Å². The summed E-state index contributed by atoms with van der Waals surface area (Å²) in [7, 11) is 0. The molecule has 1 heteroatoms. The van der Waals surface area contributed by atoms with E-state index in [-0.39, 0.29) is 0 Å². The smallest absolute Gasteiger partial charge is 0.0908 e. The van der Waals surface area contributed by atoms with Gasteiger partial charge < -0.3 is 0 Å². The highest BCUT2D eigenvalue weighted by molar-refractivity contribution is 5.05. The minimum absolute atomic E-state index is 0.410. The molecule has 0 bridgehead atoms. The summed E-state index contributed by atoms with van der Waals surface area (Å²) in [5.74, 6) is -1.23.